The Morgan fingerprint density at radius 3 is 2.53 bits per heavy atom. The van der Waals surface area contributed by atoms with E-state index in [0.717, 1.165) is 33.3 Å². The van der Waals surface area contributed by atoms with Crippen molar-refractivity contribution in [1.29, 1.82) is 0 Å². The third-order valence-corrected chi connectivity index (χ3v) is 6.12. The van der Waals surface area contributed by atoms with E-state index in [9.17, 15) is 4.79 Å². The quantitative estimate of drug-likeness (QED) is 0.490. The van der Waals surface area contributed by atoms with E-state index in [0.29, 0.717) is 24.9 Å². The van der Waals surface area contributed by atoms with Crippen molar-refractivity contribution in [3.8, 4) is 5.75 Å². The molecule has 3 rings (SSSR count). The Balaban J connectivity index is 1.55. The lowest BCUT2D eigenvalue weighted by molar-refractivity contribution is -0.118. The van der Waals surface area contributed by atoms with Crippen molar-refractivity contribution in [3.05, 3.63) is 70.0 Å². The number of thioether (sulfide) groups is 1. The highest BCUT2D eigenvalue weighted by Gasteiger charge is 2.14. The number of halogens is 1. The molecule has 2 aromatic carbocycles. The van der Waals surface area contributed by atoms with Gasteiger partial charge in [0.05, 0.1) is 5.75 Å². The van der Waals surface area contributed by atoms with Crippen LogP contribution in [0.15, 0.2) is 47.6 Å². The van der Waals surface area contributed by atoms with Crippen LogP contribution in [0.4, 0.5) is 0 Å². The van der Waals surface area contributed by atoms with E-state index in [2.05, 4.69) is 15.5 Å². The average Bonchev–Trinajstić information content (AvgIpc) is 3.15. The summed E-state index contributed by atoms with van der Waals surface area (Å²) in [5.41, 5.74) is 3.02. The largest absolute Gasteiger partial charge is 0.486 e. The summed E-state index contributed by atoms with van der Waals surface area (Å²) in [7, 11) is 0. The second-order valence-electron chi connectivity index (χ2n) is 6.85. The molecular weight excluding hydrogens is 420 g/mol. The van der Waals surface area contributed by atoms with Crippen molar-refractivity contribution >= 4 is 29.3 Å². The van der Waals surface area contributed by atoms with Crippen LogP contribution >= 0.6 is 23.4 Å². The maximum atomic E-state index is 12.2. The van der Waals surface area contributed by atoms with Crippen molar-refractivity contribution in [2.24, 2.45) is 0 Å². The van der Waals surface area contributed by atoms with Crippen molar-refractivity contribution in [1.82, 2.24) is 20.1 Å². The molecule has 0 saturated carbocycles. The van der Waals surface area contributed by atoms with E-state index in [1.807, 2.05) is 67.8 Å². The summed E-state index contributed by atoms with van der Waals surface area (Å²) in [6, 6.07) is 13.7. The molecule has 0 bridgehead atoms. The van der Waals surface area contributed by atoms with Gasteiger partial charge in [-0.25, -0.2) is 0 Å². The first-order valence-corrected chi connectivity index (χ1v) is 11.1. The number of carbonyl (C=O) groups excluding carboxylic acids is 1. The Bertz CT molecular complexity index is 985. The van der Waals surface area contributed by atoms with E-state index in [1.165, 1.54) is 11.8 Å². The van der Waals surface area contributed by atoms with Crippen LogP contribution in [-0.2, 0) is 24.5 Å². The molecule has 1 amide bonds. The average molecular weight is 445 g/mol. The van der Waals surface area contributed by atoms with Crippen LogP contribution in [0.1, 0.15) is 29.4 Å². The second kappa shape index (κ2) is 10.5. The van der Waals surface area contributed by atoms with Gasteiger partial charge >= 0.3 is 0 Å². The van der Waals surface area contributed by atoms with Crippen LogP contribution in [0.3, 0.4) is 0 Å². The molecule has 0 saturated heterocycles. The molecule has 0 radical (unpaired) electrons. The fourth-order valence-corrected chi connectivity index (χ4v) is 3.93. The van der Waals surface area contributed by atoms with Crippen LogP contribution in [0, 0.1) is 13.8 Å². The van der Waals surface area contributed by atoms with Gasteiger partial charge in [-0.15, -0.1) is 10.2 Å². The summed E-state index contributed by atoms with van der Waals surface area (Å²) in [4.78, 5) is 12.2. The summed E-state index contributed by atoms with van der Waals surface area (Å²) in [6.45, 7) is 7.42. The summed E-state index contributed by atoms with van der Waals surface area (Å²) >= 11 is 7.59. The number of hydrogen-bond donors (Lipinski definition) is 1. The molecule has 1 heterocycles. The fraction of sp³-hybridized carbons (Fsp3) is 0.318. The minimum absolute atomic E-state index is 0.0422. The highest BCUT2D eigenvalue weighted by Crippen LogP contribution is 2.26. The Kier molecular flexibility index (Phi) is 7.76. The van der Waals surface area contributed by atoms with E-state index < -0.39 is 0 Å². The lowest BCUT2D eigenvalue weighted by Crippen LogP contribution is -2.24. The first-order valence-electron chi connectivity index (χ1n) is 9.73. The number of amides is 1. The third kappa shape index (κ3) is 5.77. The molecule has 0 aliphatic heterocycles. The predicted molar refractivity (Wildman–Crippen MR) is 120 cm³/mol. The van der Waals surface area contributed by atoms with E-state index in [1.54, 1.807) is 0 Å². The van der Waals surface area contributed by atoms with Gasteiger partial charge in [-0.1, -0.05) is 53.7 Å². The topological polar surface area (TPSA) is 69.0 Å². The summed E-state index contributed by atoms with van der Waals surface area (Å²) < 4.78 is 7.87. The second-order valence-corrected chi connectivity index (χ2v) is 8.17. The SMILES string of the molecule is CCn1c(COc2cc(C)c(Cl)c(C)c2)nnc1SCC(=O)NCc1ccccc1. The van der Waals surface area contributed by atoms with E-state index >= 15 is 0 Å². The van der Waals surface area contributed by atoms with Crippen LogP contribution < -0.4 is 10.1 Å². The number of ether oxygens (including phenoxy) is 1. The molecular formula is C22H25ClN4O2S. The standard InChI is InChI=1S/C22H25ClN4O2S/c1-4-27-19(13-29-18-10-15(2)21(23)16(3)11-18)25-26-22(27)30-14-20(28)24-12-17-8-6-5-7-9-17/h5-11H,4,12-14H2,1-3H3,(H,24,28). The monoisotopic (exact) mass is 444 g/mol. The van der Waals surface area contributed by atoms with E-state index in [4.69, 9.17) is 16.3 Å². The Morgan fingerprint density at radius 2 is 1.87 bits per heavy atom. The van der Waals surface area contributed by atoms with Crippen molar-refractivity contribution in [3.63, 3.8) is 0 Å². The first-order chi connectivity index (χ1) is 14.5. The van der Waals surface area contributed by atoms with Crippen LogP contribution in [0.25, 0.3) is 0 Å². The number of hydrogen-bond acceptors (Lipinski definition) is 5. The zero-order valence-electron chi connectivity index (χ0n) is 17.3. The molecule has 0 spiro atoms. The lowest BCUT2D eigenvalue weighted by atomic mass is 10.1. The van der Waals surface area contributed by atoms with E-state index in [-0.39, 0.29) is 11.7 Å². The molecule has 1 N–H and O–H groups in total. The number of nitrogens with zero attached hydrogens (tertiary/aromatic N) is 3. The third-order valence-electron chi connectivity index (χ3n) is 4.55. The lowest BCUT2D eigenvalue weighted by Gasteiger charge is -2.11. The minimum atomic E-state index is -0.0422. The summed E-state index contributed by atoms with van der Waals surface area (Å²) in [6.07, 6.45) is 0. The van der Waals surface area contributed by atoms with Gasteiger partial charge in [-0.3, -0.25) is 4.79 Å². The molecule has 0 fully saturated rings. The van der Waals surface area contributed by atoms with Crippen molar-refractivity contribution in [2.75, 3.05) is 5.75 Å². The van der Waals surface area contributed by atoms with Gasteiger partial charge in [0.2, 0.25) is 5.91 Å². The highest BCUT2D eigenvalue weighted by molar-refractivity contribution is 7.99. The minimum Gasteiger partial charge on any atom is -0.486 e. The molecule has 0 atom stereocenters. The van der Waals surface area contributed by atoms with Gasteiger partial charge in [-0.2, -0.15) is 0 Å². The Hall–Kier alpha value is -2.51. The molecule has 1 aromatic heterocycles. The van der Waals surface area contributed by atoms with Crippen LogP contribution in [0.5, 0.6) is 5.75 Å². The van der Waals surface area contributed by atoms with Crippen molar-refractivity contribution in [2.45, 2.75) is 45.6 Å². The number of carbonyl (C=O) groups is 1. The maximum absolute atomic E-state index is 12.2. The number of nitrogens with one attached hydrogen (secondary N) is 1. The molecule has 0 unspecified atom stereocenters. The number of rotatable bonds is 9. The molecule has 6 nitrogen and oxygen atoms in total. The molecule has 0 aliphatic carbocycles. The molecule has 158 valence electrons. The predicted octanol–water partition coefficient (Wildman–Crippen LogP) is 4.56. The summed E-state index contributed by atoms with van der Waals surface area (Å²) in [5, 5.41) is 12.9. The van der Waals surface area contributed by atoms with Crippen LogP contribution in [0.2, 0.25) is 5.02 Å². The van der Waals surface area contributed by atoms with Gasteiger partial charge in [-0.05, 0) is 49.6 Å². The van der Waals surface area contributed by atoms with Crippen molar-refractivity contribution < 1.29 is 9.53 Å². The highest BCUT2D eigenvalue weighted by atomic mass is 35.5. The fourth-order valence-electron chi connectivity index (χ4n) is 2.97. The Labute approximate surface area is 186 Å². The molecule has 3 aromatic rings. The first kappa shape index (κ1) is 22.2. The van der Waals surface area contributed by atoms with Crippen LogP contribution in [-0.4, -0.2) is 26.4 Å². The summed E-state index contributed by atoms with van der Waals surface area (Å²) in [5.74, 6) is 1.70. The number of aromatic nitrogens is 3. The smallest absolute Gasteiger partial charge is 0.230 e. The molecule has 0 aliphatic rings. The zero-order valence-corrected chi connectivity index (χ0v) is 18.9. The molecule has 8 heteroatoms. The molecule has 30 heavy (non-hydrogen) atoms. The Morgan fingerprint density at radius 1 is 1.17 bits per heavy atom. The van der Waals surface area contributed by atoms with Gasteiger partial charge in [0, 0.05) is 18.1 Å². The zero-order chi connectivity index (χ0) is 21.5. The normalized spacial score (nSPS) is 10.8. The number of aryl methyl sites for hydroxylation is 2. The number of benzene rings is 2. The van der Waals surface area contributed by atoms with Gasteiger partial charge in [0.1, 0.15) is 12.4 Å². The van der Waals surface area contributed by atoms with Gasteiger partial charge < -0.3 is 14.6 Å². The maximum Gasteiger partial charge on any atom is 0.230 e. The van der Waals surface area contributed by atoms with Gasteiger partial charge in [0.25, 0.3) is 0 Å². The van der Waals surface area contributed by atoms with Gasteiger partial charge in [0.15, 0.2) is 11.0 Å².